The van der Waals surface area contributed by atoms with E-state index in [2.05, 4.69) is 34.6 Å². The number of hydrogen-bond acceptors (Lipinski definition) is 6. The summed E-state index contributed by atoms with van der Waals surface area (Å²) in [5, 5.41) is 0. The van der Waals surface area contributed by atoms with Crippen LogP contribution in [0.15, 0.2) is 0 Å². The number of ether oxygens (including phenoxy) is 3. The van der Waals surface area contributed by atoms with Crippen molar-refractivity contribution in [3.8, 4) is 0 Å². The Labute approximate surface area is 336 Å². The highest BCUT2D eigenvalue weighted by Gasteiger charge is 2.19. The van der Waals surface area contributed by atoms with Crippen LogP contribution in [0.1, 0.15) is 259 Å². The molecule has 0 amide bonds. The van der Waals surface area contributed by atoms with Crippen LogP contribution in [0, 0.1) is 11.8 Å². The van der Waals surface area contributed by atoms with Gasteiger partial charge in [0, 0.05) is 19.3 Å². The molecular formula is C48H92O6. The maximum atomic E-state index is 12.7. The van der Waals surface area contributed by atoms with E-state index in [-0.39, 0.29) is 31.1 Å². The summed E-state index contributed by atoms with van der Waals surface area (Å²) in [6, 6.07) is 0. The number of unbranched alkanes of at least 4 members (excludes halogenated alkanes) is 27. The lowest BCUT2D eigenvalue weighted by Crippen LogP contribution is -2.30. The molecule has 0 heterocycles. The molecule has 0 unspecified atom stereocenters. The van der Waals surface area contributed by atoms with Gasteiger partial charge >= 0.3 is 17.9 Å². The molecule has 6 heteroatoms. The van der Waals surface area contributed by atoms with Crippen molar-refractivity contribution in [2.75, 3.05) is 13.2 Å². The lowest BCUT2D eigenvalue weighted by atomic mass is 10.0. The zero-order chi connectivity index (χ0) is 39.7. The Balaban J connectivity index is 4.30. The molecule has 0 aromatic heterocycles. The number of rotatable bonds is 42. The van der Waals surface area contributed by atoms with Crippen molar-refractivity contribution in [2.24, 2.45) is 11.8 Å². The molecule has 0 saturated heterocycles. The molecule has 0 rings (SSSR count). The van der Waals surface area contributed by atoms with Crippen molar-refractivity contribution < 1.29 is 28.6 Å². The predicted molar refractivity (Wildman–Crippen MR) is 229 cm³/mol. The first-order valence-electron chi connectivity index (χ1n) is 23.7. The SMILES string of the molecule is CCCCCCCCCCCCC(=O)OC[C@@H](COC(=O)CCCCCCCCCCCCCCC(C)C)OC(=O)CCCCCCCCCCC(C)C. The molecule has 0 bridgehead atoms. The van der Waals surface area contributed by atoms with E-state index < -0.39 is 6.10 Å². The van der Waals surface area contributed by atoms with Crippen molar-refractivity contribution in [3.63, 3.8) is 0 Å². The average molecular weight is 765 g/mol. The summed E-state index contributed by atoms with van der Waals surface area (Å²) in [5.74, 6) is 0.770. The summed E-state index contributed by atoms with van der Waals surface area (Å²) in [4.78, 5) is 37.7. The third-order valence-corrected chi connectivity index (χ3v) is 10.7. The first-order valence-corrected chi connectivity index (χ1v) is 23.7. The molecule has 1 atom stereocenters. The maximum absolute atomic E-state index is 12.7. The minimum Gasteiger partial charge on any atom is -0.462 e. The molecular weight excluding hydrogens is 673 g/mol. The van der Waals surface area contributed by atoms with Gasteiger partial charge in [0.05, 0.1) is 0 Å². The molecule has 0 aliphatic rings. The Hall–Kier alpha value is -1.59. The number of carbonyl (C=O) groups excluding carboxylic acids is 3. The van der Waals surface area contributed by atoms with Gasteiger partial charge in [0.15, 0.2) is 6.10 Å². The topological polar surface area (TPSA) is 78.9 Å². The monoisotopic (exact) mass is 765 g/mol. The van der Waals surface area contributed by atoms with Crippen LogP contribution >= 0.6 is 0 Å². The molecule has 6 nitrogen and oxygen atoms in total. The normalized spacial score (nSPS) is 12.1. The number of carbonyl (C=O) groups is 3. The van der Waals surface area contributed by atoms with Crippen molar-refractivity contribution in [2.45, 2.75) is 265 Å². The molecule has 54 heavy (non-hydrogen) atoms. The van der Waals surface area contributed by atoms with Gasteiger partial charge in [-0.25, -0.2) is 0 Å². The van der Waals surface area contributed by atoms with Crippen LogP contribution in [0.5, 0.6) is 0 Å². The molecule has 0 saturated carbocycles. The number of esters is 3. The summed E-state index contributed by atoms with van der Waals surface area (Å²) < 4.78 is 16.7. The molecule has 0 spiro atoms. The highest BCUT2D eigenvalue weighted by molar-refractivity contribution is 5.71. The van der Waals surface area contributed by atoms with Gasteiger partial charge in [-0.05, 0) is 31.1 Å². The average Bonchev–Trinajstić information content (AvgIpc) is 3.14. The van der Waals surface area contributed by atoms with Crippen molar-refractivity contribution in [1.82, 2.24) is 0 Å². The molecule has 0 fully saturated rings. The van der Waals surface area contributed by atoms with Crippen molar-refractivity contribution >= 4 is 17.9 Å². The van der Waals surface area contributed by atoms with Crippen molar-refractivity contribution in [3.05, 3.63) is 0 Å². The lowest BCUT2D eigenvalue weighted by molar-refractivity contribution is -0.167. The summed E-state index contributed by atoms with van der Waals surface area (Å²) >= 11 is 0. The van der Waals surface area contributed by atoms with Gasteiger partial charge in [-0.1, -0.05) is 221 Å². The van der Waals surface area contributed by atoms with E-state index in [0.717, 1.165) is 69.6 Å². The third-order valence-electron chi connectivity index (χ3n) is 10.7. The highest BCUT2D eigenvalue weighted by atomic mass is 16.6. The minimum atomic E-state index is -0.760. The fourth-order valence-electron chi connectivity index (χ4n) is 7.11. The Morgan fingerprint density at radius 1 is 0.352 bits per heavy atom. The minimum absolute atomic E-state index is 0.0648. The molecule has 0 N–H and O–H groups in total. The van der Waals surface area contributed by atoms with Crippen LogP contribution in [0.4, 0.5) is 0 Å². The molecule has 0 radical (unpaired) electrons. The standard InChI is InChI=1S/C48H92O6/c1-6-7-8-9-10-11-17-23-28-33-38-46(49)52-41-45(54-48(51)40-35-30-25-20-19-22-27-32-37-44(4)5)42-53-47(50)39-34-29-24-18-15-13-12-14-16-21-26-31-36-43(2)3/h43-45H,6-42H2,1-5H3/t45-/m0/s1. The van der Waals surface area contributed by atoms with Crippen LogP contribution in [-0.2, 0) is 28.6 Å². The summed E-state index contributed by atoms with van der Waals surface area (Å²) in [6.45, 7) is 11.3. The van der Waals surface area contributed by atoms with E-state index in [4.69, 9.17) is 14.2 Å². The Kier molecular flexibility index (Phi) is 39.8. The zero-order valence-electron chi connectivity index (χ0n) is 36.8. The fourth-order valence-corrected chi connectivity index (χ4v) is 7.11. The smallest absolute Gasteiger partial charge is 0.306 e. The van der Waals surface area contributed by atoms with Crippen LogP contribution in [0.3, 0.4) is 0 Å². The quantitative estimate of drug-likeness (QED) is 0.0350. The highest BCUT2D eigenvalue weighted by Crippen LogP contribution is 2.17. The third kappa shape index (κ3) is 41.6. The Morgan fingerprint density at radius 2 is 0.611 bits per heavy atom. The van der Waals surface area contributed by atoms with Crippen molar-refractivity contribution in [1.29, 1.82) is 0 Å². The lowest BCUT2D eigenvalue weighted by Gasteiger charge is -2.18. The second-order valence-corrected chi connectivity index (χ2v) is 17.3. The van der Waals surface area contributed by atoms with Crippen LogP contribution in [0.25, 0.3) is 0 Å². The summed E-state index contributed by atoms with van der Waals surface area (Å²) in [7, 11) is 0. The van der Waals surface area contributed by atoms with Gasteiger partial charge in [-0.2, -0.15) is 0 Å². The van der Waals surface area contributed by atoms with Gasteiger partial charge in [0.2, 0.25) is 0 Å². The molecule has 0 aliphatic heterocycles. The van der Waals surface area contributed by atoms with E-state index in [1.807, 2.05) is 0 Å². The van der Waals surface area contributed by atoms with E-state index in [1.54, 1.807) is 0 Å². The summed E-state index contributed by atoms with van der Waals surface area (Å²) in [6.07, 6.45) is 39.5. The molecule has 0 aliphatic carbocycles. The maximum Gasteiger partial charge on any atom is 0.306 e. The van der Waals surface area contributed by atoms with Gasteiger partial charge in [0.1, 0.15) is 13.2 Å². The second-order valence-electron chi connectivity index (χ2n) is 17.3. The molecule has 0 aromatic rings. The summed E-state index contributed by atoms with van der Waals surface area (Å²) in [5.41, 5.74) is 0. The van der Waals surface area contributed by atoms with E-state index in [9.17, 15) is 14.4 Å². The fraction of sp³-hybridized carbons (Fsp3) is 0.938. The van der Waals surface area contributed by atoms with Crippen LogP contribution in [-0.4, -0.2) is 37.2 Å². The van der Waals surface area contributed by atoms with Crippen LogP contribution < -0.4 is 0 Å². The van der Waals surface area contributed by atoms with E-state index in [0.29, 0.717) is 19.3 Å². The first kappa shape index (κ1) is 52.4. The first-order chi connectivity index (χ1) is 26.2. The molecule has 0 aromatic carbocycles. The van der Waals surface area contributed by atoms with Gasteiger partial charge in [-0.15, -0.1) is 0 Å². The van der Waals surface area contributed by atoms with E-state index in [1.165, 1.54) is 148 Å². The van der Waals surface area contributed by atoms with Gasteiger partial charge in [-0.3, -0.25) is 14.4 Å². The van der Waals surface area contributed by atoms with Gasteiger partial charge < -0.3 is 14.2 Å². The molecule has 320 valence electrons. The van der Waals surface area contributed by atoms with Crippen LogP contribution in [0.2, 0.25) is 0 Å². The predicted octanol–water partition coefficient (Wildman–Crippen LogP) is 15.0. The number of hydrogen-bond donors (Lipinski definition) is 0. The Morgan fingerprint density at radius 3 is 0.907 bits per heavy atom. The zero-order valence-corrected chi connectivity index (χ0v) is 36.8. The Bertz CT molecular complexity index is 824. The van der Waals surface area contributed by atoms with E-state index >= 15 is 0 Å². The second kappa shape index (κ2) is 41.1. The largest absolute Gasteiger partial charge is 0.462 e. The van der Waals surface area contributed by atoms with Gasteiger partial charge in [0.25, 0.3) is 0 Å².